The second kappa shape index (κ2) is 8.09. The molecule has 4 rings (SSSR count). The molecule has 4 nitrogen and oxygen atoms in total. The summed E-state index contributed by atoms with van der Waals surface area (Å²) in [5, 5.41) is 2.99. The van der Waals surface area contributed by atoms with E-state index in [4.69, 9.17) is 0 Å². The van der Waals surface area contributed by atoms with Crippen molar-refractivity contribution in [3.05, 3.63) is 95.6 Å². The van der Waals surface area contributed by atoms with Crippen molar-refractivity contribution in [1.82, 2.24) is 0 Å². The van der Waals surface area contributed by atoms with Crippen molar-refractivity contribution >= 4 is 23.2 Å². The monoisotopic (exact) mass is 370 g/mol. The van der Waals surface area contributed by atoms with Gasteiger partial charge in [-0.25, -0.2) is 0 Å². The minimum Gasteiger partial charge on any atom is -0.322 e. The van der Waals surface area contributed by atoms with E-state index in [1.807, 2.05) is 66.7 Å². The molecule has 1 heterocycles. The number of benzene rings is 3. The Morgan fingerprint density at radius 3 is 2.50 bits per heavy atom. The molecule has 4 heteroatoms. The van der Waals surface area contributed by atoms with Crippen LogP contribution in [0.2, 0.25) is 0 Å². The number of anilines is 2. The molecule has 1 aliphatic heterocycles. The minimum atomic E-state index is -0.142. The minimum absolute atomic E-state index is 0.136. The molecule has 0 bridgehead atoms. The topological polar surface area (TPSA) is 49.4 Å². The van der Waals surface area contributed by atoms with Crippen molar-refractivity contribution in [2.24, 2.45) is 0 Å². The van der Waals surface area contributed by atoms with Crippen LogP contribution in [0.4, 0.5) is 11.4 Å². The third-order valence-corrected chi connectivity index (χ3v) is 4.99. The SMILES string of the molecule is O=C(Nc1cccc(N2CCCC2=O)c1)c1ccccc1Cc1ccccc1. The fourth-order valence-electron chi connectivity index (χ4n) is 3.58. The van der Waals surface area contributed by atoms with Gasteiger partial charge >= 0.3 is 0 Å². The third kappa shape index (κ3) is 3.96. The molecular formula is C24H22N2O2. The molecule has 1 saturated heterocycles. The van der Waals surface area contributed by atoms with E-state index < -0.39 is 0 Å². The first-order valence-electron chi connectivity index (χ1n) is 9.54. The second-order valence-electron chi connectivity index (χ2n) is 6.97. The highest BCUT2D eigenvalue weighted by atomic mass is 16.2. The summed E-state index contributed by atoms with van der Waals surface area (Å²) < 4.78 is 0. The van der Waals surface area contributed by atoms with E-state index in [1.54, 1.807) is 4.90 Å². The van der Waals surface area contributed by atoms with Crippen molar-refractivity contribution in [3.8, 4) is 0 Å². The lowest BCUT2D eigenvalue weighted by Crippen LogP contribution is -2.23. The summed E-state index contributed by atoms with van der Waals surface area (Å²) >= 11 is 0. The lowest BCUT2D eigenvalue weighted by Gasteiger charge is -2.17. The van der Waals surface area contributed by atoms with Gasteiger partial charge in [-0.2, -0.15) is 0 Å². The molecule has 0 atom stereocenters. The molecule has 0 aliphatic carbocycles. The van der Waals surface area contributed by atoms with Gasteiger partial charge in [-0.15, -0.1) is 0 Å². The highest BCUT2D eigenvalue weighted by molar-refractivity contribution is 6.06. The predicted molar refractivity (Wildman–Crippen MR) is 112 cm³/mol. The average Bonchev–Trinajstić information content (AvgIpc) is 3.15. The van der Waals surface area contributed by atoms with Crippen LogP contribution in [0, 0.1) is 0 Å². The van der Waals surface area contributed by atoms with Gasteiger partial charge in [0.1, 0.15) is 0 Å². The average molecular weight is 370 g/mol. The number of amides is 2. The molecule has 0 unspecified atom stereocenters. The Hall–Kier alpha value is -3.40. The van der Waals surface area contributed by atoms with Gasteiger partial charge in [0, 0.05) is 29.9 Å². The molecule has 1 aliphatic rings. The van der Waals surface area contributed by atoms with Crippen molar-refractivity contribution in [2.45, 2.75) is 19.3 Å². The highest BCUT2D eigenvalue weighted by Gasteiger charge is 2.22. The third-order valence-electron chi connectivity index (χ3n) is 4.99. The summed E-state index contributed by atoms with van der Waals surface area (Å²) in [6.45, 7) is 0.732. The van der Waals surface area contributed by atoms with Gasteiger partial charge in [-0.05, 0) is 48.2 Å². The maximum Gasteiger partial charge on any atom is 0.255 e. The first-order chi connectivity index (χ1) is 13.7. The number of rotatable bonds is 5. The zero-order valence-corrected chi connectivity index (χ0v) is 15.6. The van der Waals surface area contributed by atoms with Crippen LogP contribution in [-0.4, -0.2) is 18.4 Å². The summed E-state index contributed by atoms with van der Waals surface area (Å²) in [4.78, 5) is 26.7. The normalized spacial score (nSPS) is 13.6. The predicted octanol–water partition coefficient (Wildman–Crippen LogP) is 4.66. The molecule has 28 heavy (non-hydrogen) atoms. The Labute approximate surface area is 164 Å². The smallest absolute Gasteiger partial charge is 0.255 e. The Bertz CT molecular complexity index is 998. The molecule has 2 amide bonds. The molecule has 1 fully saturated rings. The van der Waals surface area contributed by atoms with Crippen LogP contribution < -0.4 is 10.2 Å². The summed E-state index contributed by atoms with van der Waals surface area (Å²) in [7, 11) is 0. The van der Waals surface area contributed by atoms with Crippen molar-refractivity contribution in [3.63, 3.8) is 0 Å². The van der Waals surface area contributed by atoms with Gasteiger partial charge in [-0.1, -0.05) is 54.6 Å². The van der Waals surface area contributed by atoms with Gasteiger partial charge < -0.3 is 10.2 Å². The van der Waals surface area contributed by atoms with Gasteiger partial charge in [0.15, 0.2) is 0 Å². The van der Waals surface area contributed by atoms with Crippen LogP contribution in [0.3, 0.4) is 0 Å². The van der Waals surface area contributed by atoms with Crippen LogP contribution in [-0.2, 0) is 11.2 Å². The lowest BCUT2D eigenvalue weighted by atomic mass is 9.99. The number of nitrogens with one attached hydrogen (secondary N) is 1. The quantitative estimate of drug-likeness (QED) is 0.710. The van der Waals surface area contributed by atoms with E-state index in [2.05, 4.69) is 17.4 Å². The molecule has 3 aromatic rings. The van der Waals surface area contributed by atoms with Crippen LogP contribution in [0.5, 0.6) is 0 Å². The van der Waals surface area contributed by atoms with Crippen molar-refractivity contribution < 1.29 is 9.59 Å². The Kier molecular flexibility index (Phi) is 5.20. The summed E-state index contributed by atoms with van der Waals surface area (Å²) in [6.07, 6.45) is 2.17. The molecule has 1 N–H and O–H groups in total. The fraction of sp³-hybridized carbons (Fsp3) is 0.167. The summed E-state index contributed by atoms with van der Waals surface area (Å²) in [6, 6.07) is 25.3. The van der Waals surface area contributed by atoms with Gasteiger partial charge in [0.2, 0.25) is 5.91 Å². The van der Waals surface area contributed by atoms with E-state index in [0.29, 0.717) is 24.1 Å². The lowest BCUT2D eigenvalue weighted by molar-refractivity contribution is -0.117. The molecule has 0 radical (unpaired) electrons. The molecule has 0 spiro atoms. The van der Waals surface area contributed by atoms with E-state index in [0.717, 1.165) is 29.8 Å². The summed E-state index contributed by atoms with van der Waals surface area (Å²) in [5.74, 6) is -0.00638. The molecule has 0 saturated carbocycles. The molecule has 140 valence electrons. The number of carbonyl (C=O) groups is 2. The van der Waals surface area contributed by atoms with E-state index in [1.165, 1.54) is 0 Å². The zero-order chi connectivity index (χ0) is 19.3. The maximum absolute atomic E-state index is 12.9. The Morgan fingerprint density at radius 2 is 1.71 bits per heavy atom. The first kappa shape index (κ1) is 18.0. The maximum atomic E-state index is 12.9. The number of hydrogen-bond donors (Lipinski definition) is 1. The largest absolute Gasteiger partial charge is 0.322 e. The van der Waals surface area contributed by atoms with Crippen LogP contribution in [0.1, 0.15) is 34.3 Å². The van der Waals surface area contributed by atoms with Crippen molar-refractivity contribution in [1.29, 1.82) is 0 Å². The van der Waals surface area contributed by atoms with Crippen LogP contribution >= 0.6 is 0 Å². The number of nitrogens with zero attached hydrogens (tertiary/aromatic N) is 1. The number of hydrogen-bond acceptors (Lipinski definition) is 2. The van der Waals surface area contributed by atoms with Crippen molar-refractivity contribution in [2.75, 3.05) is 16.8 Å². The van der Waals surface area contributed by atoms with E-state index in [-0.39, 0.29) is 11.8 Å². The molecule has 0 aromatic heterocycles. The Balaban J connectivity index is 1.54. The molecule has 3 aromatic carbocycles. The van der Waals surface area contributed by atoms with Gasteiger partial charge in [-0.3, -0.25) is 9.59 Å². The van der Waals surface area contributed by atoms with Crippen LogP contribution in [0.25, 0.3) is 0 Å². The standard InChI is InChI=1S/C24H22N2O2/c27-23-14-7-15-26(23)21-12-6-11-20(17-21)25-24(28)22-13-5-4-10-19(22)16-18-8-2-1-3-9-18/h1-6,8-13,17H,7,14-16H2,(H,25,28). The second-order valence-corrected chi connectivity index (χ2v) is 6.97. The first-order valence-corrected chi connectivity index (χ1v) is 9.54. The van der Waals surface area contributed by atoms with Gasteiger partial charge in [0.25, 0.3) is 5.91 Å². The highest BCUT2D eigenvalue weighted by Crippen LogP contribution is 2.25. The van der Waals surface area contributed by atoms with E-state index in [9.17, 15) is 9.59 Å². The van der Waals surface area contributed by atoms with Gasteiger partial charge in [0.05, 0.1) is 0 Å². The zero-order valence-electron chi connectivity index (χ0n) is 15.6. The summed E-state index contributed by atoms with van der Waals surface area (Å²) in [5.41, 5.74) is 4.33. The fourth-order valence-corrected chi connectivity index (χ4v) is 3.58. The number of carbonyl (C=O) groups excluding carboxylic acids is 2. The molecular weight excluding hydrogens is 348 g/mol. The van der Waals surface area contributed by atoms with Crippen LogP contribution in [0.15, 0.2) is 78.9 Å². The van der Waals surface area contributed by atoms with E-state index >= 15 is 0 Å². The Morgan fingerprint density at radius 1 is 0.929 bits per heavy atom.